The summed E-state index contributed by atoms with van der Waals surface area (Å²) in [5.41, 5.74) is 2.11. The Kier molecular flexibility index (Phi) is 4.69. The van der Waals surface area contributed by atoms with Crippen LogP contribution in [0.5, 0.6) is 0 Å². The third-order valence-electron chi connectivity index (χ3n) is 4.51. The molecule has 0 unspecified atom stereocenters. The third-order valence-corrected chi connectivity index (χ3v) is 4.51. The molecule has 1 amide bonds. The topological polar surface area (TPSA) is 40.5 Å². The van der Waals surface area contributed by atoms with Crippen molar-refractivity contribution in [1.29, 1.82) is 0 Å². The molecule has 0 heterocycles. The Morgan fingerprint density at radius 3 is 2.62 bits per heavy atom. The molecule has 122 valence electrons. The third kappa shape index (κ3) is 3.34. The Morgan fingerprint density at radius 1 is 1.17 bits per heavy atom. The Labute approximate surface area is 142 Å². The van der Waals surface area contributed by atoms with Crippen LogP contribution >= 0.6 is 0 Å². The maximum Gasteiger partial charge on any atom is 0.298 e. The van der Waals surface area contributed by atoms with Crippen molar-refractivity contribution >= 4 is 5.91 Å². The van der Waals surface area contributed by atoms with Crippen LogP contribution in [-0.4, -0.2) is 22.5 Å². The molecule has 0 bridgehead atoms. The van der Waals surface area contributed by atoms with E-state index in [0.29, 0.717) is 13.0 Å². The number of carbonyl (C=O) groups excluding carboxylic acids is 1. The van der Waals surface area contributed by atoms with Crippen LogP contribution in [0.1, 0.15) is 30.0 Å². The Morgan fingerprint density at radius 2 is 1.88 bits per heavy atom. The molecule has 2 aromatic rings. The van der Waals surface area contributed by atoms with Crippen molar-refractivity contribution in [3.05, 3.63) is 71.3 Å². The summed E-state index contributed by atoms with van der Waals surface area (Å²) < 4.78 is 0. The second-order valence-corrected chi connectivity index (χ2v) is 6.21. The van der Waals surface area contributed by atoms with Gasteiger partial charge in [0.25, 0.3) is 5.91 Å². The van der Waals surface area contributed by atoms with Gasteiger partial charge in [0.2, 0.25) is 0 Å². The van der Waals surface area contributed by atoms with E-state index in [-0.39, 0.29) is 12.5 Å². The maximum atomic E-state index is 12.4. The molecule has 1 N–H and O–H groups in total. The Hall–Kier alpha value is -2.57. The Balaban J connectivity index is 1.86. The van der Waals surface area contributed by atoms with Gasteiger partial charge in [-0.3, -0.25) is 4.79 Å². The smallest absolute Gasteiger partial charge is 0.298 e. The van der Waals surface area contributed by atoms with Gasteiger partial charge >= 0.3 is 0 Å². The lowest BCUT2D eigenvalue weighted by atomic mass is 9.95. The van der Waals surface area contributed by atoms with E-state index in [1.54, 1.807) is 11.8 Å². The number of aliphatic hydroxyl groups is 1. The maximum absolute atomic E-state index is 12.4. The SMILES string of the molecule is CC#CC(=O)N(Cc1ccccc1)C[C@]1(O)CCc2ccccc21. The minimum absolute atomic E-state index is 0.251. The molecule has 1 aliphatic rings. The first-order chi connectivity index (χ1) is 11.6. The number of rotatable bonds is 4. The predicted octanol–water partition coefficient (Wildman–Crippen LogP) is 2.87. The predicted molar refractivity (Wildman–Crippen MR) is 94.0 cm³/mol. The summed E-state index contributed by atoms with van der Waals surface area (Å²) in [5, 5.41) is 11.2. The minimum Gasteiger partial charge on any atom is -0.383 e. The highest BCUT2D eigenvalue weighted by Crippen LogP contribution is 2.37. The highest BCUT2D eigenvalue weighted by molar-refractivity contribution is 5.93. The molecule has 0 spiro atoms. The molecule has 0 aliphatic heterocycles. The fraction of sp³-hybridized carbons (Fsp3) is 0.286. The number of fused-ring (bicyclic) bond motifs is 1. The molecule has 3 heteroatoms. The van der Waals surface area contributed by atoms with E-state index in [0.717, 1.165) is 23.1 Å². The van der Waals surface area contributed by atoms with Gasteiger partial charge in [-0.15, -0.1) is 0 Å². The zero-order valence-corrected chi connectivity index (χ0v) is 13.8. The zero-order chi connectivity index (χ0) is 17.0. The number of benzene rings is 2. The van der Waals surface area contributed by atoms with Crippen LogP contribution in [0.15, 0.2) is 54.6 Å². The molecule has 0 fully saturated rings. The van der Waals surface area contributed by atoms with Crippen LogP contribution in [-0.2, 0) is 23.4 Å². The van der Waals surface area contributed by atoms with Crippen LogP contribution in [0.4, 0.5) is 0 Å². The second-order valence-electron chi connectivity index (χ2n) is 6.21. The number of amides is 1. The first-order valence-electron chi connectivity index (χ1n) is 8.19. The quantitative estimate of drug-likeness (QED) is 0.880. The largest absolute Gasteiger partial charge is 0.383 e. The van der Waals surface area contributed by atoms with Gasteiger partial charge in [-0.05, 0) is 42.4 Å². The van der Waals surface area contributed by atoms with Crippen molar-refractivity contribution < 1.29 is 9.90 Å². The molecule has 1 atom stereocenters. The molecular weight excluding hydrogens is 298 g/mol. The van der Waals surface area contributed by atoms with E-state index in [2.05, 4.69) is 11.8 Å². The first-order valence-corrected chi connectivity index (χ1v) is 8.19. The van der Waals surface area contributed by atoms with Gasteiger partial charge in [-0.1, -0.05) is 60.5 Å². The number of carbonyl (C=O) groups is 1. The van der Waals surface area contributed by atoms with Gasteiger partial charge in [0.1, 0.15) is 5.60 Å². The summed E-state index contributed by atoms with van der Waals surface area (Å²) in [4.78, 5) is 14.1. The van der Waals surface area contributed by atoms with Crippen LogP contribution in [0.25, 0.3) is 0 Å². The fourth-order valence-electron chi connectivity index (χ4n) is 3.34. The number of hydrogen-bond acceptors (Lipinski definition) is 2. The van der Waals surface area contributed by atoms with E-state index >= 15 is 0 Å². The van der Waals surface area contributed by atoms with E-state index in [9.17, 15) is 9.90 Å². The Bertz CT molecular complexity index is 788. The van der Waals surface area contributed by atoms with Crippen LogP contribution in [0, 0.1) is 11.8 Å². The molecule has 0 aromatic heterocycles. The van der Waals surface area contributed by atoms with Crippen molar-refractivity contribution in [2.24, 2.45) is 0 Å². The number of aryl methyl sites for hydroxylation is 1. The summed E-state index contributed by atoms with van der Waals surface area (Å²) >= 11 is 0. The summed E-state index contributed by atoms with van der Waals surface area (Å²) in [7, 11) is 0. The average Bonchev–Trinajstić information content (AvgIpc) is 2.93. The summed E-state index contributed by atoms with van der Waals surface area (Å²) in [6.45, 7) is 2.35. The van der Waals surface area contributed by atoms with Crippen molar-refractivity contribution in [2.75, 3.05) is 6.54 Å². The first kappa shape index (κ1) is 16.3. The van der Waals surface area contributed by atoms with E-state index in [1.165, 1.54) is 0 Å². The lowest BCUT2D eigenvalue weighted by molar-refractivity contribution is -0.129. The monoisotopic (exact) mass is 319 g/mol. The molecule has 1 aliphatic carbocycles. The van der Waals surface area contributed by atoms with Gasteiger partial charge in [-0.25, -0.2) is 0 Å². The van der Waals surface area contributed by atoms with E-state index in [1.807, 2.05) is 54.6 Å². The highest BCUT2D eigenvalue weighted by Gasteiger charge is 2.38. The van der Waals surface area contributed by atoms with Crippen LogP contribution < -0.4 is 0 Å². The van der Waals surface area contributed by atoms with Crippen LogP contribution in [0.3, 0.4) is 0 Å². The normalized spacial score (nSPS) is 18.4. The van der Waals surface area contributed by atoms with E-state index < -0.39 is 5.60 Å². The molecule has 3 rings (SSSR count). The summed E-state index contributed by atoms with van der Waals surface area (Å²) in [5.74, 6) is 5.02. The molecule has 0 saturated heterocycles. The number of hydrogen-bond donors (Lipinski definition) is 1. The lowest BCUT2D eigenvalue weighted by Crippen LogP contribution is -2.42. The second kappa shape index (κ2) is 6.90. The average molecular weight is 319 g/mol. The standard InChI is InChI=1S/C21H21NO2/c1-2-8-20(23)22(15-17-9-4-3-5-10-17)16-21(24)14-13-18-11-6-7-12-19(18)21/h3-7,9-12,24H,13-16H2,1H3/t21-/m1/s1. The fourth-order valence-corrected chi connectivity index (χ4v) is 3.34. The minimum atomic E-state index is -1.00. The van der Waals surface area contributed by atoms with Crippen molar-refractivity contribution in [3.63, 3.8) is 0 Å². The van der Waals surface area contributed by atoms with E-state index in [4.69, 9.17) is 0 Å². The van der Waals surface area contributed by atoms with Gasteiger partial charge in [0.05, 0.1) is 6.54 Å². The molecule has 2 aromatic carbocycles. The molecule has 3 nitrogen and oxygen atoms in total. The van der Waals surface area contributed by atoms with Crippen molar-refractivity contribution in [2.45, 2.75) is 31.9 Å². The lowest BCUT2D eigenvalue weighted by Gasteiger charge is -2.31. The zero-order valence-electron chi connectivity index (χ0n) is 13.8. The van der Waals surface area contributed by atoms with Gasteiger partial charge in [0, 0.05) is 6.54 Å². The molecule has 24 heavy (non-hydrogen) atoms. The summed E-state index contributed by atoms with van der Waals surface area (Å²) in [6, 6.07) is 17.7. The summed E-state index contributed by atoms with van der Waals surface area (Å²) in [6.07, 6.45) is 1.46. The molecule has 0 saturated carbocycles. The molecular formula is C21H21NO2. The van der Waals surface area contributed by atoms with Gasteiger partial charge < -0.3 is 10.0 Å². The van der Waals surface area contributed by atoms with Crippen molar-refractivity contribution in [1.82, 2.24) is 4.90 Å². The number of nitrogens with zero attached hydrogens (tertiary/aromatic N) is 1. The van der Waals surface area contributed by atoms with Crippen LogP contribution in [0.2, 0.25) is 0 Å². The molecule has 0 radical (unpaired) electrons. The van der Waals surface area contributed by atoms with Gasteiger partial charge in [-0.2, -0.15) is 0 Å². The van der Waals surface area contributed by atoms with Crippen molar-refractivity contribution in [3.8, 4) is 11.8 Å². The van der Waals surface area contributed by atoms with Gasteiger partial charge in [0.15, 0.2) is 0 Å². The highest BCUT2D eigenvalue weighted by atomic mass is 16.3.